The molecule has 0 saturated heterocycles. The van der Waals surface area contributed by atoms with Crippen LogP contribution in [0.2, 0.25) is 0 Å². The molecule has 136 valence electrons. The van der Waals surface area contributed by atoms with Crippen LogP contribution in [0.5, 0.6) is 0 Å². The Balaban J connectivity index is 1.76. The van der Waals surface area contributed by atoms with Crippen molar-refractivity contribution in [2.24, 2.45) is 0 Å². The van der Waals surface area contributed by atoms with Gasteiger partial charge in [0.1, 0.15) is 0 Å². The summed E-state index contributed by atoms with van der Waals surface area (Å²) in [6, 6.07) is 18.8. The fourth-order valence-corrected chi connectivity index (χ4v) is 3.36. The Morgan fingerprint density at radius 2 is 1.56 bits per heavy atom. The second-order valence-corrected chi connectivity index (χ2v) is 6.65. The number of aromatic nitrogens is 1. The highest BCUT2D eigenvalue weighted by molar-refractivity contribution is 7.14. The highest BCUT2D eigenvalue weighted by Crippen LogP contribution is 2.29. The molecule has 3 aromatic rings. The van der Waals surface area contributed by atoms with Crippen molar-refractivity contribution in [2.45, 2.75) is 6.92 Å². The number of nitrogens with zero attached hydrogens (tertiary/aromatic N) is 3. The van der Waals surface area contributed by atoms with Crippen LogP contribution in [0.15, 0.2) is 72.1 Å². The van der Waals surface area contributed by atoms with Gasteiger partial charge in [0.15, 0.2) is 5.13 Å². The van der Waals surface area contributed by atoms with Gasteiger partial charge in [0.05, 0.1) is 11.4 Å². The summed E-state index contributed by atoms with van der Waals surface area (Å²) in [5.74, 6) is -0.270. The number of carbonyl (C=O) groups is 2. The Kier molecular flexibility index (Phi) is 5.78. The molecule has 0 fully saturated rings. The Bertz CT molecular complexity index is 952. The summed E-state index contributed by atoms with van der Waals surface area (Å²) in [6.07, 6.45) is 3.14. The molecule has 0 radical (unpaired) electrons. The normalized spacial score (nSPS) is 10.7. The number of thiazole rings is 1. The van der Waals surface area contributed by atoms with Crippen LogP contribution in [0.1, 0.15) is 12.6 Å². The summed E-state index contributed by atoms with van der Waals surface area (Å²) in [5.41, 5.74) is 2.21. The lowest BCUT2D eigenvalue weighted by Gasteiger charge is -2.17. The van der Waals surface area contributed by atoms with Crippen LogP contribution in [-0.4, -0.2) is 23.8 Å². The Morgan fingerprint density at radius 3 is 2.15 bits per heavy atom. The number of benzene rings is 2. The number of amides is 2. The molecule has 0 spiro atoms. The molecule has 1 heterocycles. The summed E-state index contributed by atoms with van der Waals surface area (Å²) < 4.78 is 0. The number of hydrogen-bond donors (Lipinski definition) is 0. The average Bonchev–Trinajstić information content (AvgIpc) is 3.15. The van der Waals surface area contributed by atoms with Crippen LogP contribution in [0.25, 0.3) is 6.08 Å². The van der Waals surface area contributed by atoms with Gasteiger partial charge >= 0.3 is 0 Å². The molecular weight excluding hydrogens is 358 g/mol. The predicted octanol–water partition coefficient (Wildman–Crippen LogP) is 4.50. The number of rotatable bonds is 5. The second-order valence-electron chi connectivity index (χ2n) is 5.81. The van der Waals surface area contributed by atoms with Crippen molar-refractivity contribution in [3.05, 3.63) is 77.8 Å². The molecular formula is C21H19N3O2S. The van der Waals surface area contributed by atoms with Gasteiger partial charge < -0.3 is 4.90 Å². The summed E-state index contributed by atoms with van der Waals surface area (Å²) >= 11 is 1.36. The van der Waals surface area contributed by atoms with E-state index < -0.39 is 0 Å². The molecule has 0 atom stereocenters. The predicted molar refractivity (Wildman–Crippen MR) is 110 cm³/mol. The maximum Gasteiger partial charge on any atom is 0.250 e. The molecule has 0 aliphatic carbocycles. The zero-order chi connectivity index (χ0) is 19.2. The standard InChI is InChI=1S/C21H19N3O2S/c1-16(25)24(19-11-7-4-8-12-19)21-22-17(15-27-21)13-14-20(26)23(2)18-9-5-3-6-10-18/h3-15H,1-2H3. The minimum Gasteiger partial charge on any atom is -0.312 e. The van der Waals surface area contributed by atoms with Crippen molar-refractivity contribution < 1.29 is 9.59 Å². The van der Waals surface area contributed by atoms with E-state index in [1.54, 1.807) is 22.9 Å². The number of anilines is 3. The largest absolute Gasteiger partial charge is 0.312 e. The third-order valence-electron chi connectivity index (χ3n) is 3.90. The van der Waals surface area contributed by atoms with E-state index in [4.69, 9.17) is 0 Å². The lowest BCUT2D eigenvalue weighted by Crippen LogP contribution is -2.23. The number of para-hydroxylation sites is 2. The Hall–Kier alpha value is -3.25. The topological polar surface area (TPSA) is 53.5 Å². The third-order valence-corrected chi connectivity index (χ3v) is 4.75. The average molecular weight is 377 g/mol. The molecule has 0 saturated carbocycles. The summed E-state index contributed by atoms with van der Waals surface area (Å²) in [6.45, 7) is 1.50. The Morgan fingerprint density at radius 1 is 0.963 bits per heavy atom. The lowest BCUT2D eigenvalue weighted by molar-refractivity contribution is -0.116. The van der Waals surface area contributed by atoms with Gasteiger partial charge in [-0.25, -0.2) is 4.98 Å². The van der Waals surface area contributed by atoms with E-state index in [2.05, 4.69) is 4.98 Å². The van der Waals surface area contributed by atoms with Gasteiger partial charge in [-0.15, -0.1) is 11.3 Å². The van der Waals surface area contributed by atoms with Gasteiger partial charge in [0.2, 0.25) is 5.91 Å². The fraction of sp³-hybridized carbons (Fsp3) is 0.0952. The molecule has 0 aliphatic rings. The van der Waals surface area contributed by atoms with Crippen LogP contribution >= 0.6 is 11.3 Å². The summed E-state index contributed by atoms with van der Waals surface area (Å²) in [5, 5.41) is 2.39. The first-order valence-electron chi connectivity index (χ1n) is 8.38. The lowest BCUT2D eigenvalue weighted by atomic mass is 10.3. The van der Waals surface area contributed by atoms with Crippen LogP contribution in [0.4, 0.5) is 16.5 Å². The first-order valence-corrected chi connectivity index (χ1v) is 9.26. The van der Waals surface area contributed by atoms with Gasteiger partial charge in [0, 0.05) is 31.1 Å². The number of carbonyl (C=O) groups excluding carboxylic acids is 2. The smallest absolute Gasteiger partial charge is 0.250 e. The molecule has 3 rings (SSSR count). The molecule has 0 aliphatic heterocycles. The molecule has 2 amide bonds. The van der Waals surface area contributed by atoms with Crippen LogP contribution in [0, 0.1) is 0 Å². The minimum atomic E-state index is -0.151. The molecule has 0 bridgehead atoms. The van der Waals surface area contributed by atoms with E-state index in [0.29, 0.717) is 10.8 Å². The molecule has 0 N–H and O–H groups in total. The van der Waals surface area contributed by atoms with E-state index in [9.17, 15) is 9.59 Å². The molecule has 6 heteroatoms. The first-order chi connectivity index (χ1) is 13.1. The molecule has 2 aromatic carbocycles. The second kappa shape index (κ2) is 8.42. The van der Waals surface area contributed by atoms with Crippen LogP contribution in [-0.2, 0) is 9.59 Å². The van der Waals surface area contributed by atoms with Gasteiger partial charge in [-0.3, -0.25) is 14.5 Å². The Labute approximate surface area is 162 Å². The fourth-order valence-electron chi connectivity index (χ4n) is 2.51. The number of likely N-dealkylation sites (N-methyl/N-ethyl adjacent to an activating group) is 1. The molecule has 27 heavy (non-hydrogen) atoms. The van der Waals surface area contributed by atoms with E-state index in [0.717, 1.165) is 11.4 Å². The van der Waals surface area contributed by atoms with E-state index >= 15 is 0 Å². The maximum atomic E-state index is 12.3. The van der Waals surface area contributed by atoms with Crippen molar-refractivity contribution in [2.75, 3.05) is 16.8 Å². The molecule has 0 unspecified atom stereocenters. The maximum absolute atomic E-state index is 12.3. The third kappa shape index (κ3) is 4.48. The zero-order valence-corrected chi connectivity index (χ0v) is 15.9. The van der Waals surface area contributed by atoms with Crippen molar-refractivity contribution in [1.29, 1.82) is 0 Å². The SMILES string of the molecule is CC(=O)N(c1ccccc1)c1nc(C=CC(=O)N(C)c2ccccc2)cs1. The first kappa shape index (κ1) is 18.5. The van der Waals surface area contributed by atoms with E-state index in [-0.39, 0.29) is 11.8 Å². The van der Waals surface area contributed by atoms with Gasteiger partial charge in [-0.05, 0) is 30.3 Å². The van der Waals surface area contributed by atoms with Crippen molar-refractivity contribution in [1.82, 2.24) is 4.98 Å². The van der Waals surface area contributed by atoms with Crippen molar-refractivity contribution >= 4 is 45.7 Å². The summed E-state index contributed by atoms with van der Waals surface area (Å²) in [7, 11) is 1.72. The van der Waals surface area contributed by atoms with Crippen LogP contribution < -0.4 is 9.80 Å². The monoisotopic (exact) mass is 377 g/mol. The summed E-state index contributed by atoms with van der Waals surface area (Å²) in [4.78, 5) is 32.0. The zero-order valence-electron chi connectivity index (χ0n) is 15.1. The van der Waals surface area contributed by atoms with Gasteiger partial charge in [-0.1, -0.05) is 36.4 Å². The highest BCUT2D eigenvalue weighted by Gasteiger charge is 2.17. The van der Waals surface area contributed by atoms with Crippen molar-refractivity contribution in [3.63, 3.8) is 0 Å². The van der Waals surface area contributed by atoms with Gasteiger partial charge in [-0.2, -0.15) is 0 Å². The highest BCUT2D eigenvalue weighted by atomic mass is 32.1. The van der Waals surface area contributed by atoms with Crippen LogP contribution in [0.3, 0.4) is 0 Å². The molecule has 1 aromatic heterocycles. The molecule has 5 nitrogen and oxygen atoms in total. The van der Waals surface area contributed by atoms with Gasteiger partial charge in [0.25, 0.3) is 5.91 Å². The minimum absolute atomic E-state index is 0.119. The van der Waals surface area contributed by atoms with E-state index in [1.165, 1.54) is 24.3 Å². The van der Waals surface area contributed by atoms with E-state index in [1.807, 2.05) is 66.0 Å². The van der Waals surface area contributed by atoms with Crippen molar-refractivity contribution in [3.8, 4) is 0 Å². The number of hydrogen-bond acceptors (Lipinski definition) is 4. The quantitative estimate of drug-likeness (QED) is 0.615.